The number of benzene rings is 4. The van der Waals surface area contributed by atoms with Crippen LogP contribution in [-0.4, -0.2) is 51.3 Å². The monoisotopic (exact) mass is 712 g/mol. The van der Waals surface area contributed by atoms with Gasteiger partial charge in [0.25, 0.3) is 5.69 Å². The molecular formula is C39H38Cl2N4O5. The maximum Gasteiger partial charge on any atom is 0.409 e. The highest BCUT2D eigenvalue weighted by Crippen LogP contribution is 2.32. The van der Waals surface area contributed by atoms with Crippen LogP contribution in [0.4, 0.5) is 10.5 Å². The Kier molecular flexibility index (Phi) is 10.5. The average Bonchev–Trinajstić information content (AvgIpc) is 3.51. The molecule has 258 valence electrons. The number of non-ortho nitro benzene ring substituents is 1. The molecule has 1 fully saturated rings. The number of hydrogen-bond acceptors (Lipinski definition) is 6. The zero-order valence-electron chi connectivity index (χ0n) is 28.1. The Bertz CT molecular complexity index is 1960. The molecule has 1 saturated heterocycles. The molecule has 0 unspecified atom stereocenters. The van der Waals surface area contributed by atoms with Gasteiger partial charge in [0.15, 0.2) is 0 Å². The van der Waals surface area contributed by atoms with Crippen LogP contribution in [-0.2, 0) is 11.2 Å². The Morgan fingerprint density at radius 1 is 0.920 bits per heavy atom. The lowest BCUT2D eigenvalue weighted by molar-refractivity contribution is -0.384. The van der Waals surface area contributed by atoms with E-state index in [4.69, 9.17) is 37.7 Å². The minimum atomic E-state index is -0.417. The van der Waals surface area contributed by atoms with Gasteiger partial charge in [-0.15, -0.1) is 0 Å². The fourth-order valence-electron chi connectivity index (χ4n) is 5.77. The molecule has 0 N–H and O–H groups in total. The maximum absolute atomic E-state index is 12.4. The predicted octanol–water partition coefficient (Wildman–Crippen LogP) is 10.0. The summed E-state index contributed by atoms with van der Waals surface area (Å²) in [7, 11) is 0. The van der Waals surface area contributed by atoms with Gasteiger partial charge in [-0.05, 0) is 64.6 Å². The summed E-state index contributed by atoms with van der Waals surface area (Å²) in [5.41, 5.74) is 5.28. The second-order valence-corrected chi connectivity index (χ2v) is 14.5. The molecule has 0 radical (unpaired) electrons. The van der Waals surface area contributed by atoms with Crippen LogP contribution in [0.1, 0.15) is 45.0 Å². The number of carbonyl (C=O) groups is 1. The fourth-order valence-corrected chi connectivity index (χ4v) is 6.28. The van der Waals surface area contributed by atoms with Gasteiger partial charge in [0.05, 0.1) is 22.2 Å². The number of carbonyl (C=O) groups excluding carboxylic acids is 1. The molecule has 1 amide bonds. The van der Waals surface area contributed by atoms with Crippen molar-refractivity contribution in [1.82, 2.24) is 14.5 Å². The molecule has 0 atom stereocenters. The molecule has 1 aliphatic rings. The van der Waals surface area contributed by atoms with Gasteiger partial charge in [-0.3, -0.25) is 10.1 Å². The zero-order valence-corrected chi connectivity index (χ0v) is 29.7. The Balaban J connectivity index is 1.12. The quantitative estimate of drug-likeness (QED) is 0.111. The molecule has 2 heterocycles. The summed E-state index contributed by atoms with van der Waals surface area (Å²) in [6.45, 7) is 7.76. The SMILES string of the molecule is CC(C)(C)COC(=O)N1CCC(Oc2ccc(-c3ccc(Cc4nc(-c5ccc(Cl)cc5Cl)cn4-c4ccc([N+](=O)[O-])cc4)cc3)cc2)CC1. The van der Waals surface area contributed by atoms with Crippen LogP contribution in [0.25, 0.3) is 28.1 Å². The Morgan fingerprint density at radius 3 is 2.16 bits per heavy atom. The van der Waals surface area contributed by atoms with E-state index in [1.54, 1.807) is 29.2 Å². The third kappa shape index (κ3) is 8.64. The van der Waals surface area contributed by atoms with Crippen LogP contribution in [0.2, 0.25) is 10.0 Å². The molecule has 0 aliphatic carbocycles. The van der Waals surface area contributed by atoms with E-state index in [0.29, 0.717) is 41.9 Å². The number of halogens is 2. The second-order valence-electron chi connectivity index (χ2n) is 13.6. The highest BCUT2D eigenvalue weighted by Gasteiger charge is 2.26. The molecule has 11 heteroatoms. The third-order valence-corrected chi connectivity index (χ3v) is 9.01. The summed E-state index contributed by atoms with van der Waals surface area (Å²) in [6.07, 6.45) is 3.70. The number of nitro benzene ring substituents is 1. The van der Waals surface area contributed by atoms with Crippen molar-refractivity contribution < 1.29 is 19.2 Å². The average molecular weight is 714 g/mol. The summed E-state index contributed by atoms with van der Waals surface area (Å²) in [5.74, 6) is 1.55. The number of imidazole rings is 1. The third-order valence-electron chi connectivity index (χ3n) is 8.46. The van der Waals surface area contributed by atoms with E-state index in [2.05, 4.69) is 24.3 Å². The van der Waals surface area contributed by atoms with Crippen molar-refractivity contribution in [2.45, 2.75) is 46.1 Å². The van der Waals surface area contributed by atoms with Gasteiger partial charge in [-0.25, -0.2) is 9.78 Å². The van der Waals surface area contributed by atoms with E-state index in [1.165, 1.54) is 12.1 Å². The lowest BCUT2D eigenvalue weighted by Crippen LogP contribution is -2.42. The van der Waals surface area contributed by atoms with E-state index in [0.717, 1.165) is 52.4 Å². The zero-order chi connectivity index (χ0) is 35.4. The largest absolute Gasteiger partial charge is 0.490 e. The molecule has 0 bridgehead atoms. The number of likely N-dealkylation sites (tertiary alicyclic amines) is 1. The van der Waals surface area contributed by atoms with Crippen molar-refractivity contribution >= 4 is 35.0 Å². The molecule has 6 rings (SSSR count). The molecule has 1 aromatic heterocycles. The minimum absolute atomic E-state index is 0.0163. The van der Waals surface area contributed by atoms with Crippen LogP contribution in [0.3, 0.4) is 0 Å². The van der Waals surface area contributed by atoms with E-state index in [1.807, 2.05) is 61.9 Å². The Morgan fingerprint density at radius 2 is 1.56 bits per heavy atom. The first-order valence-electron chi connectivity index (χ1n) is 16.5. The van der Waals surface area contributed by atoms with Gasteiger partial charge in [0.2, 0.25) is 0 Å². The number of nitrogens with zero attached hydrogens (tertiary/aromatic N) is 4. The molecule has 4 aromatic carbocycles. The first-order chi connectivity index (χ1) is 23.9. The minimum Gasteiger partial charge on any atom is -0.490 e. The summed E-state index contributed by atoms with van der Waals surface area (Å²) < 4.78 is 13.6. The molecule has 1 aliphatic heterocycles. The van der Waals surface area contributed by atoms with Crippen molar-refractivity contribution in [2.24, 2.45) is 5.41 Å². The van der Waals surface area contributed by atoms with E-state index >= 15 is 0 Å². The number of hydrogen-bond donors (Lipinski definition) is 0. The van der Waals surface area contributed by atoms with Crippen LogP contribution < -0.4 is 4.74 Å². The van der Waals surface area contributed by atoms with Crippen LogP contribution >= 0.6 is 23.2 Å². The highest BCUT2D eigenvalue weighted by atomic mass is 35.5. The molecule has 0 saturated carbocycles. The summed E-state index contributed by atoms with van der Waals surface area (Å²) >= 11 is 12.7. The van der Waals surface area contributed by atoms with Crippen molar-refractivity contribution in [2.75, 3.05) is 19.7 Å². The van der Waals surface area contributed by atoms with Gasteiger partial charge in [0.1, 0.15) is 17.7 Å². The Labute approximate surface area is 301 Å². The number of aromatic nitrogens is 2. The summed E-state index contributed by atoms with van der Waals surface area (Å²) in [6, 6.07) is 28.0. The highest BCUT2D eigenvalue weighted by molar-refractivity contribution is 6.36. The number of amides is 1. The number of piperidine rings is 1. The normalized spacial score (nSPS) is 13.7. The van der Waals surface area contributed by atoms with Gasteiger partial charge >= 0.3 is 6.09 Å². The van der Waals surface area contributed by atoms with Crippen molar-refractivity contribution in [3.8, 4) is 33.8 Å². The van der Waals surface area contributed by atoms with E-state index < -0.39 is 4.92 Å². The number of nitro groups is 1. The number of rotatable bonds is 9. The van der Waals surface area contributed by atoms with Gasteiger partial charge < -0.3 is 18.9 Å². The van der Waals surface area contributed by atoms with Gasteiger partial charge in [0, 0.05) is 67.0 Å². The second kappa shape index (κ2) is 14.9. The van der Waals surface area contributed by atoms with Crippen LogP contribution in [0, 0.1) is 15.5 Å². The lowest BCUT2D eigenvalue weighted by Gasteiger charge is -2.32. The maximum atomic E-state index is 12.4. The topological polar surface area (TPSA) is 99.7 Å². The first-order valence-corrected chi connectivity index (χ1v) is 17.2. The smallest absolute Gasteiger partial charge is 0.409 e. The summed E-state index contributed by atoms with van der Waals surface area (Å²) in [5, 5.41) is 12.3. The van der Waals surface area contributed by atoms with Crippen molar-refractivity contribution in [1.29, 1.82) is 0 Å². The van der Waals surface area contributed by atoms with Gasteiger partial charge in [-0.2, -0.15) is 0 Å². The van der Waals surface area contributed by atoms with Crippen LogP contribution in [0.15, 0.2) is 97.2 Å². The van der Waals surface area contributed by atoms with E-state index in [9.17, 15) is 14.9 Å². The lowest BCUT2D eigenvalue weighted by atomic mass is 9.99. The molecule has 9 nitrogen and oxygen atoms in total. The number of ether oxygens (including phenoxy) is 2. The summed E-state index contributed by atoms with van der Waals surface area (Å²) in [4.78, 5) is 29.9. The van der Waals surface area contributed by atoms with Crippen molar-refractivity contribution in [3.05, 3.63) is 129 Å². The first kappa shape index (κ1) is 35.0. The van der Waals surface area contributed by atoms with Crippen molar-refractivity contribution in [3.63, 3.8) is 0 Å². The van der Waals surface area contributed by atoms with Crippen LogP contribution in [0.5, 0.6) is 5.75 Å². The van der Waals surface area contributed by atoms with Gasteiger partial charge in [-0.1, -0.05) is 80.4 Å². The fraction of sp³-hybridized carbons (Fsp3) is 0.282. The predicted molar refractivity (Wildman–Crippen MR) is 196 cm³/mol. The molecule has 0 spiro atoms. The standard InChI is InChI=1S/C39H38Cl2N4O5/c1-39(2,3)25-49-38(46)43-20-18-33(19-21-43)50-32-15-8-28(9-16-32)27-6-4-26(5-7-27)22-37-42-36(34-17-10-29(40)23-35(34)41)24-44(37)30-11-13-31(14-12-30)45(47)48/h4-17,23-24,33H,18-22,25H2,1-3H3. The molecule has 50 heavy (non-hydrogen) atoms. The molecular weight excluding hydrogens is 675 g/mol. The molecule has 5 aromatic rings. The van der Waals surface area contributed by atoms with E-state index in [-0.39, 0.29) is 23.3 Å². The Hall–Kier alpha value is -4.86.